The number of likely N-dealkylation sites (tertiary alicyclic amines) is 1. The minimum atomic E-state index is -0.392. The van der Waals surface area contributed by atoms with Crippen LogP contribution in [-0.2, 0) is 9.47 Å². The Bertz CT molecular complexity index is 250. The van der Waals surface area contributed by atoms with Crippen LogP contribution in [0, 0.1) is 0 Å². The molecule has 2 heterocycles. The van der Waals surface area contributed by atoms with Gasteiger partial charge < -0.3 is 19.7 Å². The number of piperidine rings is 1. The molecule has 0 amide bonds. The van der Waals surface area contributed by atoms with Gasteiger partial charge in [0, 0.05) is 12.6 Å². The van der Waals surface area contributed by atoms with Crippen LogP contribution in [0.15, 0.2) is 0 Å². The number of nitrogens with zero attached hydrogens (tertiary/aromatic N) is 1. The van der Waals surface area contributed by atoms with E-state index in [9.17, 15) is 0 Å². The molecule has 1 N–H and O–H groups in total. The first-order chi connectivity index (χ1) is 8.59. The van der Waals surface area contributed by atoms with Crippen molar-refractivity contribution in [3.8, 4) is 0 Å². The van der Waals surface area contributed by atoms with Crippen molar-refractivity contribution in [2.45, 2.75) is 58.0 Å². The minimum absolute atomic E-state index is 0.216. The van der Waals surface area contributed by atoms with Crippen molar-refractivity contribution in [2.75, 3.05) is 32.8 Å². The van der Waals surface area contributed by atoms with Gasteiger partial charge in [0.15, 0.2) is 5.79 Å². The molecule has 0 radical (unpaired) electrons. The third kappa shape index (κ3) is 4.19. The summed E-state index contributed by atoms with van der Waals surface area (Å²) in [4.78, 5) is 2.57. The monoisotopic (exact) mass is 256 g/mol. The average Bonchev–Trinajstić information content (AvgIpc) is 2.69. The number of rotatable bonds is 5. The van der Waals surface area contributed by atoms with Crippen molar-refractivity contribution < 1.29 is 9.47 Å². The molecule has 2 aliphatic rings. The minimum Gasteiger partial charge on any atom is -0.348 e. The maximum Gasteiger partial charge on any atom is 0.163 e. The molecule has 4 heteroatoms. The van der Waals surface area contributed by atoms with Crippen molar-refractivity contribution >= 4 is 0 Å². The highest BCUT2D eigenvalue weighted by molar-refractivity contribution is 4.80. The Morgan fingerprint density at radius 1 is 1.28 bits per heavy atom. The molecule has 2 aliphatic heterocycles. The van der Waals surface area contributed by atoms with Gasteiger partial charge in [0.25, 0.3) is 0 Å². The highest BCUT2D eigenvalue weighted by atomic mass is 16.7. The van der Waals surface area contributed by atoms with Gasteiger partial charge in [0.05, 0.1) is 12.7 Å². The number of hydrogen-bond acceptors (Lipinski definition) is 4. The fraction of sp³-hybridized carbons (Fsp3) is 1.00. The van der Waals surface area contributed by atoms with Gasteiger partial charge in [-0.1, -0.05) is 6.92 Å². The summed E-state index contributed by atoms with van der Waals surface area (Å²) in [5, 5.41) is 3.63. The van der Waals surface area contributed by atoms with E-state index in [1.54, 1.807) is 0 Å². The van der Waals surface area contributed by atoms with E-state index in [0.717, 1.165) is 6.54 Å². The molecule has 0 aromatic rings. The van der Waals surface area contributed by atoms with Crippen LogP contribution in [-0.4, -0.2) is 55.6 Å². The first kappa shape index (κ1) is 14.3. The van der Waals surface area contributed by atoms with Crippen LogP contribution in [0.4, 0.5) is 0 Å². The van der Waals surface area contributed by atoms with E-state index < -0.39 is 5.79 Å². The van der Waals surface area contributed by atoms with Gasteiger partial charge in [0.1, 0.15) is 0 Å². The van der Waals surface area contributed by atoms with Gasteiger partial charge in [-0.15, -0.1) is 0 Å². The molecule has 2 rings (SSSR count). The van der Waals surface area contributed by atoms with Gasteiger partial charge in [-0.05, 0) is 52.7 Å². The molecule has 106 valence electrons. The first-order valence-electron chi connectivity index (χ1n) is 7.36. The third-order valence-corrected chi connectivity index (χ3v) is 3.83. The lowest BCUT2D eigenvalue weighted by molar-refractivity contribution is -0.138. The SMILES string of the molecule is CCCN1CCC(NCC2COC(C)(C)O2)CC1. The van der Waals surface area contributed by atoms with Crippen molar-refractivity contribution in [3.63, 3.8) is 0 Å². The van der Waals surface area contributed by atoms with Crippen molar-refractivity contribution in [1.29, 1.82) is 0 Å². The summed E-state index contributed by atoms with van der Waals surface area (Å²) >= 11 is 0. The second-order valence-electron chi connectivity index (χ2n) is 5.97. The van der Waals surface area contributed by atoms with Crippen molar-refractivity contribution in [2.24, 2.45) is 0 Å². The van der Waals surface area contributed by atoms with E-state index in [-0.39, 0.29) is 6.10 Å². The predicted molar refractivity (Wildman–Crippen MR) is 72.7 cm³/mol. The lowest BCUT2D eigenvalue weighted by atomic mass is 10.0. The van der Waals surface area contributed by atoms with E-state index in [1.807, 2.05) is 13.8 Å². The van der Waals surface area contributed by atoms with E-state index in [0.29, 0.717) is 12.6 Å². The predicted octanol–water partition coefficient (Wildman–Crippen LogP) is 1.60. The lowest BCUT2D eigenvalue weighted by Gasteiger charge is -2.32. The van der Waals surface area contributed by atoms with Crippen LogP contribution in [0.1, 0.15) is 40.0 Å². The van der Waals surface area contributed by atoms with E-state index in [4.69, 9.17) is 9.47 Å². The third-order valence-electron chi connectivity index (χ3n) is 3.83. The summed E-state index contributed by atoms with van der Waals surface area (Å²) in [7, 11) is 0. The quantitative estimate of drug-likeness (QED) is 0.810. The lowest BCUT2D eigenvalue weighted by Crippen LogP contribution is -2.45. The molecule has 0 aliphatic carbocycles. The smallest absolute Gasteiger partial charge is 0.163 e. The Labute approximate surface area is 111 Å². The summed E-state index contributed by atoms with van der Waals surface area (Å²) in [5.41, 5.74) is 0. The van der Waals surface area contributed by atoms with Gasteiger partial charge in [-0.3, -0.25) is 0 Å². The zero-order valence-corrected chi connectivity index (χ0v) is 12.1. The molecule has 2 fully saturated rings. The standard InChI is InChI=1S/C14H28N2O2/c1-4-7-16-8-5-12(6-9-16)15-10-13-11-17-14(2,3)18-13/h12-13,15H,4-11H2,1-3H3. The van der Waals surface area contributed by atoms with Crippen molar-refractivity contribution in [1.82, 2.24) is 10.2 Å². The molecule has 0 aromatic carbocycles. The Hall–Kier alpha value is -0.160. The van der Waals surface area contributed by atoms with Gasteiger partial charge in [-0.25, -0.2) is 0 Å². The molecule has 0 spiro atoms. The molecule has 4 nitrogen and oxygen atoms in total. The fourth-order valence-electron chi connectivity index (χ4n) is 2.84. The summed E-state index contributed by atoms with van der Waals surface area (Å²) < 4.78 is 11.4. The number of ether oxygens (including phenoxy) is 2. The Morgan fingerprint density at radius 2 is 2.00 bits per heavy atom. The fourth-order valence-corrected chi connectivity index (χ4v) is 2.84. The highest BCUT2D eigenvalue weighted by Crippen LogP contribution is 2.22. The second kappa shape index (κ2) is 6.33. The van der Waals surface area contributed by atoms with Gasteiger partial charge >= 0.3 is 0 Å². The Kier molecular flexibility index (Phi) is 5.01. The van der Waals surface area contributed by atoms with E-state index >= 15 is 0 Å². The zero-order chi connectivity index (χ0) is 13.0. The number of hydrogen-bond donors (Lipinski definition) is 1. The van der Waals surface area contributed by atoms with Crippen LogP contribution in [0.3, 0.4) is 0 Å². The van der Waals surface area contributed by atoms with Gasteiger partial charge in [-0.2, -0.15) is 0 Å². The molecule has 0 saturated carbocycles. The molecule has 1 unspecified atom stereocenters. The Morgan fingerprint density at radius 3 is 2.56 bits per heavy atom. The van der Waals surface area contributed by atoms with Crippen LogP contribution >= 0.6 is 0 Å². The number of nitrogens with one attached hydrogen (secondary N) is 1. The zero-order valence-electron chi connectivity index (χ0n) is 12.1. The highest BCUT2D eigenvalue weighted by Gasteiger charge is 2.32. The Balaban J connectivity index is 1.61. The molecule has 18 heavy (non-hydrogen) atoms. The summed E-state index contributed by atoms with van der Waals surface area (Å²) in [5.74, 6) is -0.392. The molecular weight excluding hydrogens is 228 g/mol. The normalized spacial score (nSPS) is 29.8. The molecule has 0 bridgehead atoms. The maximum absolute atomic E-state index is 5.80. The first-order valence-corrected chi connectivity index (χ1v) is 7.36. The van der Waals surface area contributed by atoms with Crippen LogP contribution < -0.4 is 5.32 Å². The van der Waals surface area contributed by atoms with Crippen LogP contribution in [0.2, 0.25) is 0 Å². The summed E-state index contributed by atoms with van der Waals surface area (Å²) in [6, 6.07) is 0.658. The van der Waals surface area contributed by atoms with E-state index in [1.165, 1.54) is 38.9 Å². The molecule has 2 saturated heterocycles. The molecule has 0 aromatic heterocycles. The maximum atomic E-state index is 5.80. The van der Waals surface area contributed by atoms with Gasteiger partial charge in [0.2, 0.25) is 0 Å². The topological polar surface area (TPSA) is 33.7 Å². The van der Waals surface area contributed by atoms with Crippen LogP contribution in [0.25, 0.3) is 0 Å². The summed E-state index contributed by atoms with van der Waals surface area (Å²) in [6.07, 6.45) is 4.00. The molecule has 1 atom stereocenters. The second-order valence-corrected chi connectivity index (χ2v) is 5.97. The summed E-state index contributed by atoms with van der Waals surface area (Å²) in [6.45, 7) is 11.6. The van der Waals surface area contributed by atoms with Crippen LogP contribution in [0.5, 0.6) is 0 Å². The van der Waals surface area contributed by atoms with E-state index in [2.05, 4.69) is 17.1 Å². The largest absolute Gasteiger partial charge is 0.348 e. The van der Waals surface area contributed by atoms with Crippen molar-refractivity contribution in [3.05, 3.63) is 0 Å². The average molecular weight is 256 g/mol. The molecular formula is C14H28N2O2.